The Hall–Kier alpha value is -2.19. The molecule has 0 bridgehead atoms. The predicted octanol–water partition coefficient (Wildman–Crippen LogP) is 1.70. The Morgan fingerprint density at radius 2 is 2.03 bits per heavy atom. The molecule has 4 rings (SSSR count). The van der Waals surface area contributed by atoms with Gasteiger partial charge in [-0.25, -0.2) is 4.68 Å². The van der Waals surface area contributed by atoms with Gasteiger partial charge >= 0.3 is 0 Å². The number of piperazine rings is 1. The third-order valence-electron chi connectivity index (χ3n) is 5.89. The fourth-order valence-corrected chi connectivity index (χ4v) is 4.26. The van der Waals surface area contributed by atoms with Crippen molar-refractivity contribution in [3.63, 3.8) is 0 Å². The van der Waals surface area contributed by atoms with Gasteiger partial charge < -0.3 is 20.3 Å². The summed E-state index contributed by atoms with van der Waals surface area (Å²) in [7, 11) is 1.82. The molecule has 0 atom stereocenters. The first-order valence-corrected chi connectivity index (χ1v) is 10.9. The monoisotopic (exact) mass is 400 g/mol. The van der Waals surface area contributed by atoms with Gasteiger partial charge in [-0.15, -0.1) is 0 Å². The highest BCUT2D eigenvalue weighted by Gasteiger charge is 2.21. The van der Waals surface area contributed by atoms with Crippen LogP contribution in [0, 0.1) is 0 Å². The maximum Gasteiger partial charge on any atom is 0.272 e. The zero-order valence-electron chi connectivity index (χ0n) is 17.3. The van der Waals surface area contributed by atoms with Crippen LogP contribution in [0.1, 0.15) is 49.0 Å². The fourth-order valence-electron chi connectivity index (χ4n) is 4.26. The summed E-state index contributed by atoms with van der Waals surface area (Å²) in [5.74, 6) is 0.481. The molecule has 0 aromatic carbocycles. The zero-order valence-corrected chi connectivity index (χ0v) is 17.3. The molecule has 2 N–H and O–H groups in total. The Labute approximate surface area is 172 Å². The van der Waals surface area contributed by atoms with Gasteiger partial charge in [0.1, 0.15) is 0 Å². The largest absolute Gasteiger partial charge is 0.478 e. The summed E-state index contributed by atoms with van der Waals surface area (Å²) in [6.45, 7) is 6.01. The molecule has 0 unspecified atom stereocenters. The number of amides is 1. The molecule has 1 saturated heterocycles. The lowest BCUT2D eigenvalue weighted by molar-refractivity contribution is 0.0923. The summed E-state index contributed by atoms with van der Waals surface area (Å²) in [6, 6.07) is 4.00. The van der Waals surface area contributed by atoms with Gasteiger partial charge in [-0.05, 0) is 25.3 Å². The number of hydrogen-bond donors (Lipinski definition) is 2. The van der Waals surface area contributed by atoms with E-state index in [2.05, 4.69) is 25.6 Å². The number of pyridine rings is 1. The lowest BCUT2D eigenvalue weighted by atomic mass is 9.95. The standard InChI is InChI=1S/C21H32N6O2/c1-26-20-17(19(25-26)21(28)23-16-6-3-2-4-7-16)8-9-18(24-20)29-15-5-12-27-13-10-22-11-14-27/h8-9,16,22H,2-7,10-15H2,1H3,(H,23,28). The lowest BCUT2D eigenvalue weighted by Gasteiger charge is -2.26. The van der Waals surface area contributed by atoms with E-state index < -0.39 is 0 Å². The highest BCUT2D eigenvalue weighted by molar-refractivity contribution is 6.04. The molecule has 1 saturated carbocycles. The first-order valence-electron chi connectivity index (χ1n) is 10.9. The Morgan fingerprint density at radius 3 is 2.83 bits per heavy atom. The topological polar surface area (TPSA) is 84.3 Å². The highest BCUT2D eigenvalue weighted by Crippen LogP contribution is 2.22. The Morgan fingerprint density at radius 1 is 1.24 bits per heavy atom. The number of aryl methyl sites for hydroxylation is 1. The Balaban J connectivity index is 1.35. The van der Waals surface area contributed by atoms with Crippen LogP contribution in [-0.2, 0) is 7.05 Å². The van der Waals surface area contributed by atoms with Crippen LogP contribution < -0.4 is 15.4 Å². The first-order chi connectivity index (χ1) is 14.2. The number of nitrogens with zero attached hydrogens (tertiary/aromatic N) is 4. The van der Waals surface area contributed by atoms with Crippen molar-refractivity contribution in [1.82, 2.24) is 30.3 Å². The van der Waals surface area contributed by atoms with E-state index in [1.54, 1.807) is 4.68 Å². The van der Waals surface area contributed by atoms with Crippen LogP contribution in [0.15, 0.2) is 12.1 Å². The van der Waals surface area contributed by atoms with Crippen LogP contribution in [0.2, 0.25) is 0 Å². The minimum Gasteiger partial charge on any atom is -0.478 e. The minimum absolute atomic E-state index is 0.103. The molecule has 1 aliphatic heterocycles. The lowest BCUT2D eigenvalue weighted by Crippen LogP contribution is -2.43. The van der Waals surface area contributed by atoms with Crippen LogP contribution in [0.4, 0.5) is 0 Å². The molecule has 3 heterocycles. The maximum atomic E-state index is 12.7. The van der Waals surface area contributed by atoms with Gasteiger partial charge in [0.2, 0.25) is 5.88 Å². The quantitative estimate of drug-likeness (QED) is 0.689. The third-order valence-corrected chi connectivity index (χ3v) is 5.89. The van der Waals surface area contributed by atoms with Crippen LogP contribution in [0.5, 0.6) is 5.88 Å². The van der Waals surface area contributed by atoms with Crippen LogP contribution in [0.25, 0.3) is 11.0 Å². The maximum absolute atomic E-state index is 12.7. The number of rotatable bonds is 7. The van der Waals surface area contributed by atoms with Gasteiger partial charge in [-0.2, -0.15) is 10.1 Å². The van der Waals surface area contributed by atoms with E-state index >= 15 is 0 Å². The molecule has 2 aromatic rings. The van der Waals surface area contributed by atoms with Gasteiger partial charge in [-0.1, -0.05) is 19.3 Å². The van der Waals surface area contributed by atoms with E-state index in [1.165, 1.54) is 19.3 Å². The highest BCUT2D eigenvalue weighted by atomic mass is 16.5. The minimum atomic E-state index is -0.103. The second-order valence-electron chi connectivity index (χ2n) is 8.09. The predicted molar refractivity (Wildman–Crippen MR) is 112 cm³/mol. The van der Waals surface area contributed by atoms with E-state index in [9.17, 15) is 4.79 Å². The molecule has 0 spiro atoms. The number of carbonyl (C=O) groups is 1. The third kappa shape index (κ3) is 5.05. The van der Waals surface area contributed by atoms with E-state index in [1.807, 2.05) is 19.2 Å². The summed E-state index contributed by atoms with van der Waals surface area (Å²) in [5.41, 5.74) is 1.13. The molecule has 2 fully saturated rings. The molecule has 29 heavy (non-hydrogen) atoms. The van der Waals surface area contributed by atoms with Crippen molar-refractivity contribution in [1.29, 1.82) is 0 Å². The number of fused-ring (bicyclic) bond motifs is 1. The van der Waals surface area contributed by atoms with E-state index in [-0.39, 0.29) is 11.9 Å². The second-order valence-corrected chi connectivity index (χ2v) is 8.09. The Kier molecular flexibility index (Phi) is 6.61. The van der Waals surface area contributed by atoms with Crippen molar-refractivity contribution in [2.24, 2.45) is 7.05 Å². The zero-order chi connectivity index (χ0) is 20.1. The molecular formula is C21H32N6O2. The average molecular weight is 401 g/mol. The van der Waals surface area contributed by atoms with Crippen LogP contribution >= 0.6 is 0 Å². The number of carbonyl (C=O) groups excluding carboxylic acids is 1. The summed E-state index contributed by atoms with van der Waals surface area (Å²) >= 11 is 0. The first kappa shape index (κ1) is 20.1. The van der Waals surface area contributed by atoms with Crippen molar-refractivity contribution >= 4 is 16.9 Å². The second kappa shape index (κ2) is 9.54. The van der Waals surface area contributed by atoms with Gasteiger partial charge in [0.25, 0.3) is 5.91 Å². The van der Waals surface area contributed by atoms with E-state index in [4.69, 9.17) is 4.74 Å². The average Bonchev–Trinajstić information content (AvgIpc) is 3.09. The molecule has 8 heteroatoms. The molecule has 2 aromatic heterocycles. The van der Waals surface area contributed by atoms with Crippen LogP contribution in [-0.4, -0.2) is 70.9 Å². The SMILES string of the molecule is Cn1nc(C(=O)NC2CCCCC2)c2ccc(OCCCN3CCNCC3)nc21. The summed E-state index contributed by atoms with van der Waals surface area (Å²) in [4.78, 5) is 19.8. The van der Waals surface area contributed by atoms with Gasteiger partial charge in [0, 0.05) is 51.9 Å². The summed E-state index contributed by atoms with van der Waals surface area (Å²) in [5, 5.41) is 11.7. The van der Waals surface area contributed by atoms with Crippen molar-refractivity contribution in [3.8, 4) is 5.88 Å². The number of hydrogen-bond acceptors (Lipinski definition) is 6. The molecule has 1 aliphatic carbocycles. The van der Waals surface area contributed by atoms with E-state index in [0.29, 0.717) is 23.8 Å². The molecular weight excluding hydrogens is 368 g/mol. The molecule has 8 nitrogen and oxygen atoms in total. The fraction of sp³-hybridized carbons (Fsp3) is 0.667. The molecule has 2 aliphatic rings. The molecule has 0 radical (unpaired) electrons. The van der Waals surface area contributed by atoms with Crippen molar-refractivity contribution < 1.29 is 9.53 Å². The normalized spacial score (nSPS) is 18.8. The Bertz CT molecular complexity index is 824. The van der Waals surface area contributed by atoms with E-state index in [0.717, 1.165) is 57.4 Å². The van der Waals surface area contributed by atoms with Crippen molar-refractivity contribution in [3.05, 3.63) is 17.8 Å². The van der Waals surface area contributed by atoms with Gasteiger partial charge in [0.15, 0.2) is 11.3 Å². The van der Waals surface area contributed by atoms with Crippen LogP contribution in [0.3, 0.4) is 0 Å². The van der Waals surface area contributed by atoms with Gasteiger partial charge in [0.05, 0.1) is 12.0 Å². The van der Waals surface area contributed by atoms with Gasteiger partial charge in [-0.3, -0.25) is 4.79 Å². The molecule has 158 valence electrons. The molecule has 1 amide bonds. The number of aromatic nitrogens is 3. The summed E-state index contributed by atoms with van der Waals surface area (Å²) < 4.78 is 7.52. The number of ether oxygens (including phenoxy) is 1. The van der Waals surface area contributed by atoms with Crippen molar-refractivity contribution in [2.75, 3.05) is 39.3 Å². The summed E-state index contributed by atoms with van der Waals surface area (Å²) in [6.07, 6.45) is 6.72. The smallest absolute Gasteiger partial charge is 0.272 e. The number of nitrogens with one attached hydrogen (secondary N) is 2. The van der Waals surface area contributed by atoms with Crippen molar-refractivity contribution in [2.45, 2.75) is 44.6 Å².